The van der Waals surface area contributed by atoms with Crippen molar-refractivity contribution in [1.29, 1.82) is 0 Å². The predicted molar refractivity (Wildman–Crippen MR) is 90.7 cm³/mol. The maximum atomic E-state index is 5.63. The Morgan fingerprint density at radius 3 is 1.26 bits per heavy atom. The molecule has 2 aromatic carbocycles. The van der Waals surface area contributed by atoms with Gasteiger partial charge in [0.15, 0.2) is 0 Å². The minimum atomic E-state index is -0.461. The van der Waals surface area contributed by atoms with E-state index in [-0.39, 0.29) is 0 Å². The molecule has 124 valence electrons. The van der Waals surface area contributed by atoms with Crippen molar-refractivity contribution in [2.45, 2.75) is 18.8 Å². The van der Waals surface area contributed by atoms with Crippen LogP contribution >= 0.6 is 0 Å². The quantitative estimate of drug-likeness (QED) is 0.431. The van der Waals surface area contributed by atoms with Crippen LogP contribution in [0, 0.1) is 0 Å². The number of nitrogens with two attached hydrogens (primary N) is 4. The Balaban J connectivity index is 1.67. The molecule has 6 nitrogen and oxygen atoms in total. The van der Waals surface area contributed by atoms with Gasteiger partial charge in [0.1, 0.15) is 11.5 Å². The van der Waals surface area contributed by atoms with E-state index in [2.05, 4.69) is 0 Å². The molecular formula is C17H24N4O2. The van der Waals surface area contributed by atoms with E-state index < -0.39 is 12.3 Å². The van der Waals surface area contributed by atoms with Crippen molar-refractivity contribution in [3.63, 3.8) is 0 Å². The van der Waals surface area contributed by atoms with E-state index >= 15 is 0 Å². The van der Waals surface area contributed by atoms with Gasteiger partial charge >= 0.3 is 0 Å². The van der Waals surface area contributed by atoms with Gasteiger partial charge in [-0.2, -0.15) is 0 Å². The molecule has 0 amide bonds. The summed E-state index contributed by atoms with van der Waals surface area (Å²) in [6.07, 6.45) is -0.147. The second-order valence-electron chi connectivity index (χ2n) is 5.24. The van der Waals surface area contributed by atoms with Crippen molar-refractivity contribution in [1.82, 2.24) is 0 Å². The smallest absolute Gasteiger partial charge is 0.119 e. The fourth-order valence-electron chi connectivity index (χ4n) is 2.01. The van der Waals surface area contributed by atoms with Crippen LogP contribution in [0.25, 0.3) is 0 Å². The molecule has 0 spiro atoms. The predicted octanol–water partition coefficient (Wildman–Crippen LogP) is 1.37. The molecule has 0 unspecified atom stereocenters. The number of ether oxygens (including phenoxy) is 2. The van der Waals surface area contributed by atoms with Crippen LogP contribution in [0.1, 0.15) is 29.9 Å². The molecule has 0 saturated carbocycles. The van der Waals surface area contributed by atoms with E-state index in [9.17, 15) is 0 Å². The summed E-state index contributed by atoms with van der Waals surface area (Å²) in [5.74, 6) is 1.58. The summed E-state index contributed by atoms with van der Waals surface area (Å²) in [6.45, 7) is 1.14. The van der Waals surface area contributed by atoms with Gasteiger partial charge in [0.05, 0.1) is 25.5 Å². The Hall–Kier alpha value is -2.12. The van der Waals surface area contributed by atoms with Gasteiger partial charge in [0.2, 0.25) is 0 Å². The lowest BCUT2D eigenvalue weighted by Crippen LogP contribution is -2.19. The summed E-state index contributed by atoms with van der Waals surface area (Å²) in [4.78, 5) is 0. The van der Waals surface area contributed by atoms with E-state index in [1.54, 1.807) is 0 Å². The first-order chi connectivity index (χ1) is 11.1. The standard InChI is InChI=1S/C17H24N4O2/c18-16(19)12-2-6-14(7-3-12)22-10-1-11-23-15-8-4-13(5-9-15)17(20)21/h2-9,16-17H,1,10-11,18-21H2. The molecule has 0 aliphatic heterocycles. The van der Waals surface area contributed by atoms with Gasteiger partial charge in [-0.3, -0.25) is 0 Å². The summed E-state index contributed by atoms with van der Waals surface area (Å²) >= 11 is 0. The van der Waals surface area contributed by atoms with Crippen LogP contribution in [0.3, 0.4) is 0 Å². The monoisotopic (exact) mass is 316 g/mol. The molecule has 0 saturated heterocycles. The molecule has 0 atom stereocenters. The molecule has 2 rings (SSSR count). The number of hydrogen-bond acceptors (Lipinski definition) is 6. The molecule has 2 aromatic rings. The van der Waals surface area contributed by atoms with Crippen LogP contribution in [0.5, 0.6) is 11.5 Å². The largest absolute Gasteiger partial charge is 0.493 e. The van der Waals surface area contributed by atoms with Crippen LogP contribution in [0.15, 0.2) is 48.5 Å². The average Bonchev–Trinajstić information content (AvgIpc) is 2.55. The Bertz CT molecular complexity index is 529. The second-order valence-corrected chi connectivity index (χ2v) is 5.24. The van der Waals surface area contributed by atoms with Gasteiger partial charge in [0, 0.05) is 6.42 Å². The van der Waals surface area contributed by atoms with E-state index in [4.69, 9.17) is 32.4 Å². The lowest BCUT2D eigenvalue weighted by atomic mass is 10.2. The molecule has 0 aliphatic rings. The normalized spacial score (nSPS) is 11.0. The van der Waals surface area contributed by atoms with Crippen molar-refractivity contribution in [2.75, 3.05) is 13.2 Å². The molecule has 6 heteroatoms. The van der Waals surface area contributed by atoms with Crippen LogP contribution in [-0.4, -0.2) is 13.2 Å². The van der Waals surface area contributed by atoms with Gasteiger partial charge < -0.3 is 32.4 Å². The topological polar surface area (TPSA) is 123 Å². The molecule has 0 bridgehead atoms. The molecular weight excluding hydrogens is 292 g/mol. The van der Waals surface area contributed by atoms with Crippen molar-refractivity contribution in [3.05, 3.63) is 59.7 Å². The maximum absolute atomic E-state index is 5.63. The van der Waals surface area contributed by atoms with E-state index in [1.807, 2.05) is 48.5 Å². The number of hydrogen-bond donors (Lipinski definition) is 4. The Morgan fingerprint density at radius 2 is 0.957 bits per heavy atom. The summed E-state index contributed by atoms with van der Waals surface area (Å²) < 4.78 is 11.3. The highest BCUT2D eigenvalue weighted by molar-refractivity contribution is 5.29. The van der Waals surface area contributed by atoms with E-state index in [0.29, 0.717) is 13.2 Å². The molecule has 23 heavy (non-hydrogen) atoms. The highest BCUT2D eigenvalue weighted by Crippen LogP contribution is 2.16. The van der Waals surface area contributed by atoms with Gasteiger partial charge in [-0.1, -0.05) is 24.3 Å². The van der Waals surface area contributed by atoms with Gasteiger partial charge in [-0.05, 0) is 35.4 Å². The SMILES string of the molecule is NC(N)c1ccc(OCCCOc2ccc(C(N)N)cc2)cc1. The first-order valence-corrected chi connectivity index (χ1v) is 7.54. The minimum absolute atomic E-state index is 0.461. The zero-order chi connectivity index (χ0) is 16.7. The average molecular weight is 316 g/mol. The van der Waals surface area contributed by atoms with Gasteiger partial charge in [0.25, 0.3) is 0 Å². The van der Waals surface area contributed by atoms with Crippen molar-refractivity contribution in [3.8, 4) is 11.5 Å². The molecule has 0 aliphatic carbocycles. The van der Waals surface area contributed by atoms with Crippen molar-refractivity contribution < 1.29 is 9.47 Å². The first kappa shape index (κ1) is 17.2. The lowest BCUT2D eigenvalue weighted by molar-refractivity contribution is 0.247. The molecule has 0 fully saturated rings. The first-order valence-electron chi connectivity index (χ1n) is 7.54. The fraction of sp³-hybridized carbons (Fsp3) is 0.294. The van der Waals surface area contributed by atoms with E-state index in [1.165, 1.54) is 0 Å². The minimum Gasteiger partial charge on any atom is -0.493 e. The second kappa shape index (κ2) is 8.50. The highest BCUT2D eigenvalue weighted by atomic mass is 16.5. The summed E-state index contributed by atoms with van der Waals surface area (Å²) in [5.41, 5.74) is 24.1. The molecule has 8 N–H and O–H groups in total. The molecule has 0 aromatic heterocycles. The third-order valence-corrected chi connectivity index (χ3v) is 3.36. The summed E-state index contributed by atoms with van der Waals surface area (Å²) in [5, 5.41) is 0. The summed E-state index contributed by atoms with van der Waals surface area (Å²) in [7, 11) is 0. The number of benzene rings is 2. The zero-order valence-corrected chi connectivity index (χ0v) is 13.0. The summed E-state index contributed by atoms with van der Waals surface area (Å²) in [6, 6.07) is 14.9. The van der Waals surface area contributed by atoms with Crippen LogP contribution in [0.4, 0.5) is 0 Å². The van der Waals surface area contributed by atoms with Crippen LogP contribution < -0.4 is 32.4 Å². The van der Waals surface area contributed by atoms with Gasteiger partial charge in [-0.25, -0.2) is 0 Å². The zero-order valence-electron chi connectivity index (χ0n) is 13.0. The Labute approximate surface area is 136 Å². The molecule has 0 heterocycles. The molecule has 0 radical (unpaired) electrons. The lowest BCUT2D eigenvalue weighted by Gasteiger charge is -2.10. The van der Waals surface area contributed by atoms with Crippen LogP contribution in [0.2, 0.25) is 0 Å². The fourth-order valence-corrected chi connectivity index (χ4v) is 2.01. The number of rotatable bonds is 8. The van der Waals surface area contributed by atoms with E-state index in [0.717, 1.165) is 29.0 Å². The van der Waals surface area contributed by atoms with Gasteiger partial charge in [-0.15, -0.1) is 0 Å². The maximum Gasteiger partial charge on any atom is 0.119 e. The highest BCUT2D eigenvalue weighted by Gasteiger charge is 2.01. The Kier molecular flexibility index (Phi) is 6.37. The van der Waals surface area contributed by atoms with Crippen LogP contribution in [-0.2, 0) is 0 Å². The van der Waals surface area contributed by atoms with Crippen molar-refractivity contribution >= 4 is 0 Å². The Morgan fingerprint density at radius 1 is 0.609 bits per heavy atom. The third kappa shape index (κ3) is 5.54. The van der Waals surface area contributed by atoms with Crippen molar-refractivity contribution in [2.24, 2.45) is 22.9 Å². The third-order valence-electron chi connectivity index (χ3n) is 3.36.